The van der Waals surface area contributed by atoms with E-state index < -0.39 is 5.60 Å². The van der Waals surface area contributed by atoms with Gasteiger partial charge in [0.15, 0.2) is 0 Å². The molecule has 0 bridgehead atoms. The normalized spacial score (nSPS) is 15.1. The number of nitrogens with zero attached hydrogens (tertiary/aromatic N) is 2. The second-order valence-electron chi connectivity index (χ2n) is 9.76. The summed E-state index contributed by atoms with van der Waals surface area (Å²) in [6, 6.07) is 25.1. The Morgan fingerprint density at radius 2 is 1.73 bits per heavy atom. The third-order valence-corrected chi connectivity index (χ3v) is 6.26. The van der Waals surface area contributed by atoms with Crippen molar-refractivity contribution in [3.63, 3.8) is 0 Å². The van der Waals surface area contributed by atoms with Crippen molar-refractivity contribution in [3.05, 3.63) is 84.6 Å². The molecule has 5 rings (SSSR count). The van der Waals surface area contributed by atoms with Crippen molar-refractivity contribution < 1.29 is 9.53 Å². The molecule has 168 valence electrons. The number of benzene rings is 2. The molecular formula is C28H29N3O2. The highest BCUT2D eigenvalue weighted by Gasteiger charge is 2.41. The van der Waals surface area contributed by atoms with Crippen molar-refractivity contribution in [2.75, 3.05) is 0 Å². The maximum atomic E-state index is 12.5. The van der Waals surface area contributed by atoms with Gasteiger partial charge in [-0.2, -0.15) is 0 Å². The minimum Gasteiger partial charge on any atom is -0.444 e. The van der Waals surface area contributed by atoms with Crippen molar-refractivity contribution >= 4 is 17.1 Å². The summed E-state index contributed by atoms with van der Waals surface area (Å²) in [5, 5.41) is 4.24. The lowest BCUT2D eigenvalue weighted by atomic mass is 9.72. The van der Waals surface area contributed by atoms with Crippen LogP contribution in [0.25, 0.3) is 28.0 Å². The Labute approximate surface area is 194 Å². The monoisotopic (exact) mass is 439 g/mol. The standard InChI is InChI=1S/C28H29N3O2/c1-27(2,3)33-26(32)30-28(16-8-17-28)22-12-14-23(15-13-22)31-24(20-9-5-4-6-10-20)19-21-11-7-18-29-25(21)31/h4-7,9-15,18-19H,8,16-17H2,1-3H3,(H,30,32). The summed E-state index contributed by atoms with van der Waals surface area (Å²) < 4.78 is 7.72. The van der Waals surface area contributed by atoms with Gasteiger partial charge in [-0.25, -0.2) is 9.78 Å². The van der Waals surface area contributed by atoms with E-state index in [1.807, 2.05) is 39.1 Å². The third-order valence-electron chi connectivity index (χ3n) is 6.26. The van der Waals surface area contributed by atoms with Crippen molar-refractivity contribution in [1.82, 2.24) is 14.9 Å². The number of ether oxygens (including phenoxy) is 1. The molecule has 2 aromatic carbocycles. The van der Waals surface area contributed by atoms with Crippen LogP contribution in [0.15, 0.2) is 79.0 Å². The van der Waals surface area contributed by atoms with E-state index in [9.17, 15) is 4.79 Å². The summed E-state index contributed by atoms with van der Waals surface area (Å²) in [5.41, 5.74) is 4.43. The van der Waals surface area contributed by atoms with Gasteiger partial charge in [0, 0.05) is 17.3 Å². The Morgan fingerprint density at radius 1 is 1.00 bits per heavy atom. The first kappa shape index (κ1) is 21.3. The van der Waals surface area contributed by atoms with Gasteiger partial charge in [-0.1, -0.05) is 42.5 Å². The van der Waals surface area contributed by atoms with Crippen LogP contribution in [0.5, 0.6) is 0 Å². The molecule has 0 unspecified atom stereocenters. The van der Waals surface area contributed by atoms with Crippen molar-refractivity contribution in [2.24, 2.45) is 0 Å². The van der Waals surface area contributed by atoms with Crippen molar-refractivity contribution in [1.29, 1.82) is 0 Å². The Morgan fingerprint density at radius 3 is 2.36 bits per heavy atom. The van der Waals surface area contributed by atoms with E-state index in [0.29, 0.717) is 0 Å². The topological polar surface area (TPSA) is 56.1 Å². The van der Waals surface area contributed by atoms with Crippen LogP contribution in [0.2, 0.25) is 0 Å². The Bertz CT molecular complexity index is 1280. The molecule has 0 atom stereocenters. The van der Waals surface area contributed by atoms with Gasteiger partial charge in [-0.3, -0.25) is 4.57 Å². The molecule has 5 nitrogen and oxygen atoms in total. The van der Waals surface area contributed by atoms with Crippen LogP contribution in [0, 0.1) is 0 Å². The molecule has 33 heavy (non-hydrogen) atoms. The molecule has 1 N–H and O–H groups in total. The predicted octanol–water partition coefficient (Wildman–Crippen LogP) is 6.60. The highest BCUT2D eigenvalue weighted by atomic mass is 16.6. The van der Waals surface area contributed by atoms with Gasteiger partial charge in [0.25, 0.3) is 0 Å². The Balaban J connectivity index is 1.51. The van der Waals surface area contributed by atoms with Crippen LogP contribution in [0.1, 0.15) is 45.6 Å². The molecule has 1 aliphatic carbocycles. The number of nitrogens with one attached hydrogen (secondary N) is 1. The molecule has 2 heterocycles. The fourth-order valence-electron chi connectivity index (χ4n) is 4.56. The quantitative estimate of drug-likeness (QED) is 0.390. The van der Waals surface area contributed by atoms with Gasteiger partial charge in [-0.15, -0.1) is 0 Å². The van der Waals surface area contributed by atoms with Gasteiger partial charge in [-0.05, 0) is 81.5 Å². The highest BCUT2D eigenvalue weighted by Crippen LogP contribution is 2.42. The highest BCUT2D eigenvalue weighted by molar-refractivity contribution is 5.86. The maximum Gasteiger partial charge on any atom is 0.408 e. The van der Waals surface area contributed by atoms with E-state index in [0.717, 1.165) is 52.8 Å². The molecule has 1 fully saturated rings. The molecule has 0 spiro atoms. The molecular weight excluding hydrogens is 410 g/mol. The first-order valence-corrected chi connectivity index (χ1v) is 11.5. The number of alkyl carbamates (subject to hydrolysis) is 1. The van der Waals surface area contributed by atoms with Gasteiger partial charge in [0.2, 0.25) is 0 Å². The van der Waals surface area contributed by atoms with E-state index in [1.54, 1.807) is 0 Å². The lowest BCUT2D eigenvalue weighted by Crippen LogP contribution is -2.52. The number of fused-ring (bicyclic) bond motifs is 1. The average molecular weight is 440 g/mol. The second kappa shape index (κ2) is 8.07. The molecule has 1 aliphatic rings. The smallest absolute Gasteiger partial charge is 0.408 e. The fraction of sp³-hybridized carbons (Fsp3) is 0.286. The Hall–Kier alpha value is -3.60. The summed E-state index contributed by atoms with van der Waals surface area (Å²) in [4.78, 5) is 17.2. The molecule has 2 aromatic heterocycles. The van der Waals surface area contributed by atoms with Crippen LogP contribution < -0.4 is 5.32 Å². The molecule has 5 heteroatoms. The fourth-order valence-corrected chi connectivity index (χ4v) is 4.56. The zero-order chi connectivity index (χ0) is 23.1. The van der Waals surface area contributed by atoms with Gasteiger partial charge in [0.1, 0.15) is 11.2 Å². The number of aromatic nitrogens is 2. The lowest BCUT2D eigenvalue weighted by Gasteiger charge is -2.43. The molecule has 4 aromatic rings. The van der Waals surface area contributed by atoms with Crippen LogP contribution in [-0.2, 0) is 10.3 Å². The molecule has 1 amide bonds. The van der Waals surface area contributed by atoms with Crippen molar-refractivity contribution in [3.8, 4) is 16.9 Å². The van der Waals surface area contributed by atoms with Crippen LogP contribution >= 0.6 is 0 Å². The summed E-state index contributed by atoms with van der Waals surface area (Å²) in [5.74, 6) is 0. The van der Waals surface area contributed by atoms with Crippen LogP contribution in [0.4, 0.5) is 4.79 Å². The third kappa shape index (κ3) is 4.11. The van der Waals surface area contributed by atoms with E-state index in [4.69, 9.17) is 4.74 Å². The lowest BCUT2D eigenvalue weighted by molar-refractivity contribution is 0.0377. The zero-order valence-corrected chi connectivity index (χ0v) is 19.3. The number of hydrogen-bond acceptors (Lipinski definition) is 3. The second-order valence-corrected chi connectivity index (χ2v) is 9.76. The number of carbonyl (C=O) groups excluding carboxylic acids is 1. The maximum absolute atomic E-state index is 12.5. The van der Waals surface area contributed by atoms with Gasteiger partial charge >= 0.3 is 6.09 Å². The van der Waals surface area contributed by atoms with E-state index >= 15 is 0 Å². The first-order chi connectivity index (χ1) is 15.8. The number of hydrogen-bond donors (Lipinski definition) is 1. The summed E-state index contributed by atoms with van der Waals surface area (Å²) >= 11 is 0. The molecule has 0 radical (unpaired) electrons. The van der Waals surface area contributed by atoms with Gasteiger partial charge < -0.3 is 10.1 Å². The average Bonchev–Trinajstić information content (AvgIpc) is 3.15. The van der Waals surface area contributed by atoms with Gasteiger partial charge in [0.05, 0.1) is 11.2 Å². The summed E-state index contributed by atoms with van der Waals surface area (Å²) in [7, 11) is 0. The van der Waals surface area contributed by atoms with E-state index in [-0.39, 0.29) is 11.6 Å². The molecule has 0 saturated heterocycles. The number of pyridine rings is 1. The molecule has 1 saturated carbocycles. The van der Waals surface area contributed by atoms with Crippen LogP contribution in [0.3, 0.4) is 0 Å². The van der Waals surface area contributed by atoms with E-state index in [2.05, 4.69) is 75.5 Å². The van der Waals surface area contributed by atoms with E-state index in [1.165, 1.54) is 0 Å². The summed E-state index contributed by atoms with van der Waals surface area (Å²) in [6.07, 6.45) is 4.38. The summed E-state index contributed by atoms with van der Waals surface area (Å²) in [6.45, 7) is 5.65. The molecule has 0 aliphatic heterocycles. The zero-order valence-electron chi connectivity index (χ0n) is 19.3. The van der Waals surface area contributed by atoms with Crippen LogP contribution in [-0.4, -0.2) is 21.2 Å². The largest absolute Gasteiger partial charge is 0.444 e. The first-order valence-electron chi connectivity index (χ1n) is 11.5. The predicted molar refractivity (Wildman–Crippen MR) is 131 cm³/mol. The Kier molecular flexibility index (Phi) is 5.20. The minimum atomic E-state index is -0.519. The van der Waals surface area contributed by atoms with Crippen molar-refractivity contribution in [2.45, 2.75) is 51.2 Å². The minimum absolute atomic E-state index is 0.361. The number of carbonyl (C=O) groups is 1. The number of rotatable bonds is 4. The SMILES string of the molecule is CC(C)(C)OC(=O)NC1(c2ccc(-n3c(-c4ccccc4)cc4cccnc43)cc2)CCC1. The number of amides is 1.